The minimum atomic E-state index is -3.61. The number of fused-ring (bicyclic) bond motifs is 1. The van der Waals surface area contributed by atoms with E-state index in [4.69, 9.17) is 5.11 Å². The Hall–Kier alpha value is -2.98. The summed E-state index contributed by atoms with van der Waals surface area (Å²) >= 11 is 0. The van der Waals surface area contributed by atoms with Gasteiger partial charge in [-0.05, 0) is 43.5 Å². The highest BCUT2D eigenvalue weighted by Gasteiger charge is 2.32. The fourth-order valence-corrected chi connectivity index (χ4v) is 5.75. The van der Waals surface area contributed by atoms with Crippen molar-refractivity contribution in [2.45, 2.75) is 37.2 Å². The van der Waals surface area contributed by atoms with Gasteiger partial charge in [0.05, 0.1) is 10.4 Å². The molecule has 1 aliphatic heterocycles. The van der Waals surface area contributed by atoms with Crippen LogP contribution >= 0.6 is 0 Å². The summed E-state index contributed by atoms with van der Waals surface area (Å²) in [6.07, 6.45) is 2.43. The van der Waals surface area contributed by atoms with Crippen molar-refractivity contribution in [2.24, 2.45) is 0 Å². The van der Waals surface area contributed by atoms with Crippen LogP contribution in [0.4, 0.5) is 0 Å². The van der Waals surface area contributed by atoms with Gasteiger partial charge < -0.3 is 5.11 Å². The van der Waals surface area contributed by atoms with Crippen LogP contribution in [-0.4, -0.2) is 51.0 Å². The summed E-state index contributed by atoms with van der Waals surface area (Å²) in [5.41, 5.74) is 1.13. The summed E-state index contributed by atoms with van der Waals surface area (Å²) in [6, 6.07) is 9.94. The lowest BCUT2D eigenvalue weighted by Crippen LogP contribution is -2.41. The maximum absolute atomic E-state index is 13.0. The fourth-order valence-electron chi connectivity index (χ4n) is 4.05. The molecule has 3 aromatic rings. The van der Waals surface area contributed by atoms with Gasteiger partial charge in [0.25, 0.3) is 0 Å². The van der Waals surface area contributed by atoms with Crippen molar-refractivity contribution >= 4 is 27.2 Å². The molecule has 0 radical (unpaired) electrons. The molecule has 0 spiro atoms. The molecule has 30 heavy (non-hydrogen) atoms. The average Bonchev–Trinajstić information content (AvgIpc) is 2.99. The summed E-state index contributed by atoms with van der Waals surface area (Å²) in [6.45, 7) is 1.86. The van der Waals surface area contributed by atoms with Crippen LogP contribution < -0.4 is 5.69 Å². The van der Waals surface area contributed by atoms with Crippen LogP contribution in [0.2, 0.25) is 0 Å². The van der Waals surface area contributed by atoms with Gasteiger partial charge in [-0.1, -0.05) is 18.2 Å². The SMILES string of the molecule is Cc1ccccc1S(=O)(=O)N1CCC(n2c(=O)n(CC(=O)O)c3cccnc32)CC1. The molecule has 0 aliphatic carbocycles. The topological polar surface area (TPSA) is 114 Å². The molecule has 0 atom stereocenters. The Morgan fingerprint density at radius 2 is 1.87 bits per heavy atom. The maximum atomic E-state index is 13.0. The van der Waals surface area contributed by atoms with E-state index < -0.39 is 28.2 Å². The van der Waals surface area contributed by atoms with E-state index in [1.807, 2.05) is 0 Å². The number of sulfonamides is 1. The van der Waals surface area contributed by atoms with E-state index in [9.17, 15) is 18.0 Å². The third kappa shape index (κ3) is 3.41. The van der Waals surface area contributed by atoms with Crippen LogP contribution in [0.3, 0.4) is 0 Å². The molecule has 1 saturated heterocycles. The number of carboxylic acid groups (broad SMARTS) is 1. The van der Waals surface area contributed by atoms with Crippen molar-refractivity contribution < 1.29 is 18.3 Å². The zero-order chi connectivity index (χ0) is 21.5. The summed E-state index contributed by atoms with van der Waals surface area (Å²) in [4.78, 5) is 28.7. The lowest BCUT2D eigenvalue weighted by atomic mass is 10.1. The Morgan fingerprint density at radius 1 is 1.17 bits per heavy atom. The highest BCUT2D eigenvalue weighted by Crippen LogP contribution is 2.29. The first-order chi connectivity index (χ1) is 14.3. The smallest absolute Gasteiger partial charge is 0.331 e. The van der Waals surface area contributed by atoms with E-state index in [0.717, 1.165) is 0 Å². The van der Waals surface area contributed by atoms with Crippen LogP contribution in [0.1, 0.15) is 24.4 Å². The Morgan fingerprint density at radius 3 is 2.53 bits per heavy atom. The van der Waals surface area contributed by atoms with E-state index in [-0.39, 0.29) is 19.1 Å². The van der Waals surface area contributed by atoms with Gasteiger partial charge in [-0.2, -0.15) is 4.31 Å². The molecule has 1 fully saturated rings. The lowest BCUT2D eigenvalue weighted by Gasteiger charge is -2.31. The summed E-state index contributed by atoms with van der Waals surface area (Å²) in [7, 11) is -3.61. The first-order valence-corrected chi connectivity index (χ1v) is 11.1. The Kier molecular flexibility index (Phi) is 5.20. The molecule has 1 N–H and O–H groups in total. The zero-order valence-corrected chi connectivity index (χ0v) is 17.2. The van der Waals surface area contributed by atoms with E-state index in [0.29, 0.717) is 34.5 Å². The van der Waals surface area contributed by atoms with Gasteiger partial charge in [0.1, 0.15) is 6.54 Å². The molecule has 1 aliphatic rings. The first-order valence-electron chi connectivity index (χ1n) is 9.64. The van der Waals surface area contributed by atoms with Gasteiger partial charge in [-0.15, -0.1) is 0 Å². The number of aryl methyl sites for hydroxylation is 1. The second kappa shape index (κ2) is 7.69. The van der Waals surface area contributed by atoms with Gasteiger partial charge in [0, 0.05) is 25.3 Å². The van der Waals surface area contributed by atoms with Crippen LogP contribution in [0.15, 0.2) is 52.3 Å². The molecule has 0 unspecified atom stereocenters. The van der Waals surface area contributed by atoms with Crippen LogP contribution in [0, 0.1) is 6.92 Å². The van der Waals surface area contributed by atoms with E-state index in [1.165, 1.54) is 13.4 Å². The predicted octanol–water partition coefficient (Wildman–Crippen LogP) is 1.62. The van der Waals surface area contributed by atoms with Crippen LogP contribution in [0.25, 0.3) is 11.2 Å². The Labute approximate surface area is 173 Å². The minimum Gasteiger partial charge on any atom is -0.480 e. The summed E-state index contributed by atoms with van der Waals surface area (Å²) in [5.74, 6) is -1.11. The average molecular weight is 430 g/mol. The number of rotatable bonds is 5. The molecule has 1 aromatic carbocycles. The molecule has 158 valence electrons. The lowest BCUT2D eigenvalue weighted by molar-refractivity contribution is -0.137. The van der Waals surface area contributed by atoms with E-state index >= 15 is 0 Å². The largest absolute Gasteiger partial charge is 0.480 e. The predicted molar refractivity (Wildman–Crippen MR) is 110 cm³/mol. The highest BCUT2D eigenvalue weighted by molar-refractivity contribution is 7.89. The summed E-state index contributed by atoms with van der Waals surface area (Å²) < 4.78 is 30.2. The van der Waals surface area contributed by atoms with Crippen molar-refractivity contribution in [2.75, 3.05) is 13.1 Å². The van der Waals surface area contributed by atoms with E-state index in [1.54, 1.807) is 49.5 Å². The number of hydrogen-bond donors (Lipinski definition) is 1. The number of hydrogen-bond acceptors (Lipinski definition) is 5. The van der Waals surface area contributed by atoms with Crippen LogP contribution in [0.5, 0.6) is 0 Å². The second-order valence-corrected chi connectivity index (χ2v) is 9.29. The van der Waals surface area contributed by atoms with Crippen molar-refractivity contribution in [3.05, 3.63) is 58.6 Å². The fraction of sp³-hybridized carbons (Fsp3) is 0.350. The van der Waals surface area contributed by atoms with Gasteiger partial charge in [-0.25, -0.2) is 18.2 Å². The van der Waals surface area contributed by atoms with Gasteiger partial charge in [0.15, 0.2) is 5.65 Å². The molecule has 4 rings (SSSR count). The minimum absolute atomic E-state index is 0.256. The molecule has 9 nitrogen and oxygen atoms in total. The maximum Gasteiger partial charge on any atom is 0.331 e. The standard InChI is InChI=1S/C20H22N4O5S/c1-14-5-2-3-7-17(14)30(28,29)22-11-8-15(9-12-22)24-19-16(6-4-10-21-19)23(20(24)27)13-18(25)26/h2-7,10,15H,8-9,11-13H2,1H3,(H,25,26). The normalized spacial score (nSPS) is 16.2. The van der Waals surface area contributed by atoms with Gasteiger partial charge in [0.2, 0.25) is 10.0 Å². The van der Waals surface area contributed by atoms with Gasteiger partial charge in [-0.3, -0.25) is 13.9 Å². The third-order valence-electron chi connectivity index (χ3n) is 5.52. The number of benzene rings is 1. The van der Waals surface area contributed by atoms with Crippen molar-refractivity contribution in [1.82, 2.24) is 18.4 Å². The summed E-state index contributed by atoms with van der Waals surface area (Å²) in [5, 5.41) is 9.16. The second-order valence-electron chi connectivity index (χ2n) is 7.38. The number of imidazole rings is 1. The number of carboxylic acids is 1. The first kappa shape index (κ1) is 20.3. The quantitative estimate of drug-likeness (QED) is 0.658. The van der Waals surface area contributed by atoms with Crippen molar-refractivity contribution in [1.29, 1.82) is 0 Å². The number of piperidine rings is 1. The van der Waals surface area contributed by atoms with Crippen molar-refractivity contribution in [3.8, 4) is 0 Å². The number of pyridine rings is 1. The molecule has 2 aromatic heterocycles. The zero-order valence-electron chi connectivity index (χ0n) is 16.4. The monoisotopic (exact) mass is 430 g/mol. The number of aromatic nitrogens is 3. The van der Waals surface area contributed by atoms with Crippen molar-refractivity contribution in [3.63, 3.8) is 0 Å². The van der Waals surface area contributed by atoms with E-state index in [2.05, 4.69) is 4.98 Å². The third-order valence-corrected chi connectivity index (χ3v) is 7.57. The molecule has 0 saturated carbocycles. The highest BCUT2D eigenvalue weighted by atomic mass is 32.2. The molecular weight excluding hydrogens is 408 g/mol. The number of carbonyl (C=O) groups is 1. The number of aliphatic carboxylic acids is 1. The Bertz CT molecular complexity index is 1270. The molecule has 3 heterocycles. The van der Waals surface area contributed by atoms with Gasteiger partial charge >= 0.3 is 11.7 Å². The molecular formula is C20H22N4O5S. The molecule has 0 amide bonds. The molecule has 0 bridgehead atoms. The molecule has 10 heteroatoms. The van der Waals surface area contributed by atoms with Crippen LogP contribution in [-0.2, 0) is 21.4 Å². The number of nitrogens with zero attached hydrogens (tertiary/aromatic N) is 4. The Balaban J connectivity index is 1.63.